The number of aryl methyl sites for hydroxylation is 2. The molecule has 0 bridgehead atoms. The molecule has 36 heavy (non-hydrogen) atoms. The summed E-state index contributed by atoms with van der Waals surface area (Å²) in [4.78, 5) is 36.6. The molecule has 3 heterocycles. The summed E-state index contributed by atoms with van der Waals surface area (Å²) in [6.45, 7) is 6.09. The van der Waals surface area contributed by atoms with Crippen LogP contribution >= 0.6 is 0 Å². The van der Waals surface area contributed by atoms with Crippen molar-refractivity contribution in [3.63, 3.8) is 0 Å². The van der Waals surface area contributed by atoms with Gasteiger partial charge in [-0.25, -0.2) is 23.8 Å². The second-order valence-corrected chi connectivity index (χ2v) is 9.03. The number of carbonyl (C=O) groups is 2. The Kier molecular flexibility index (Phi) is 7.15. The maximum Gasteiger partial charge on any atom is 0.321 e. The second-order valence-electron chi connectivity index (χ2n) is 9.03. The Morgan fingerprint density at radius 3 is 2.58 bits per heavy atom. The highest BCUT2D eigenvalue weighted by Gasteiger charge is 2.22. The van der Waals surface area contributed by atoms with Crippen molar-refractivity contribution in [1.82, 2.24) is 29.5 Å². The van der Waals surface area contributed by atoms with Crippen molar-refractivity contribution < 1.29 is 14.0 Å². The van der Waals surface area contributed by atoms with Crippen LogP contribution in [0.2, 0.25) is 0 Å². The third kappa shape index (κ3) is 5.43. The van der Waals surface area contributed by atoms with Crippen molar-refractivity contribution in [2.24, 2.45) is 5.73 Å². The zero-order chi connectivity index (χ0) is 26.0. The van der Waals surface area contributed by atoms with E-state index in [1.165, 1.54) is 17.1 Å². The number of aromatic nitrogens is 4. The van der Waals surface area contributed by atoms with Gasteiger partial charge in [0.25, 0.3) is 5.91 Å². The summed E-state index contributed by atoms with van der Waals surface area (Å²) < 4.78 is 14.7. The fraction of sp³-hybridized carbons (Fsp3) is 0.375. The summed E-state index contributed by atoms with van der Waals surface area (Å²) in [5.41, 5.74) is 15.3. The molecule has 0 spiro atoms. The third-order valence-electron chi connectivity index (χ3n) is 6.24. The summed E-state index contributed by atoms with van der Waals surface area (Å²) in [7, 11) is 1.72. The number of nitrogen functional groups attached to an aromatic ring is 1. The Bertz CT molecular complexity index is 1270. The Balaban J connectivity index is 1.50. The molecule has 1 aliphatic heterocycles. The zero-order valence-corrected chi connectivity index (χ0v) is 20.5. The molecule has 0 saturated carbocycles. The standard InChI is InChI=1S/C24H30FN9O2/c1-14-8-16(19-11-28-21(26)23(30-19)34-12-17(10-29-34)22(27)35)9-15(2)20(14)31-24(36)32(3)6-7-33-5-4-18(25)13-33/h8-12,18H,4-7,13H2,1-3H3,(H2,26,28)(H2,27,35)(H,31,36)/t18-/m1/s1. The predicted molar refractivity (Wildman–Crippen MR) is 135 cm³/mol. The molecule has 11 nitrogen and oxygen atoms in total. The number of hydrogen-bond acceptors (Lipinski definition) is 7. The molecule has 1 saturated heterocycles. The van der Waals surface area contributed by atoms with E-state index in [1.54, 1.807) is 18.1 Å². The average molecular weight is 496 g/mol. The van der Waals surface area contributed by atoms with Gasteiger partial charge >= 0.3 is 6.03 Å². The van der Waals surface area contributed by atoms with Crippen LogP contribution in [0, 0.1) is 13.8 Å². The fourth-order valence-corrected chi connectivity index (χ4v) is 4.15. The van der Waals surface area contributed by atoms with Gasteiger partial charge in [-0.3, -0.25) is 9.69 Å². The molecule has 2 aromatic heterocycles. The van der Waals surface area contributed by atoms with E-state index in [9.17, 15) is 14.0 Å². The number of primary amides is 1. The van der Waals surface area contributed by atoms with Crippen molar-refractivity contribution in [1.29, 1.82) is 0 Å². The number of nitrogens with zero attached hydrogens (tertiary/aromatic N) is 6. The summed E-state index contributed by atoms with van der Waals surface area (Å²) in [6, 6.07) is 3.56. The molecule has 0 radical (unpaired) electrons. The zero-order valence-electron chi connectivity index (χ0n) is 20.5. The van der Waals surface area contributed by atoms with Gasteiger partial charge in [0.05, 0.1) is 23.7 Å². The molecule has 1 aromatic carbocycles. The Morgan fingerprint density at radius 2 is 1.97 bits per heavy atom. The van der Waals surface area contributed by atoms with Crippen LogP contribution in [0.1, 0.15) is 27.9 Å². The molecule has 0 aliphatic carbocycles. The molecular weight excluding hydrogens is 465 g/mol. The molecule has 5 N–H and O–H groups in total. The number of benzene rings is 1. The van der Waals surface area contributed by atoms with Gasteiger partial charge in [0.2, 0.25) is 0 Å². The lowest BCUT2D eigenvalue weighted by Gasteiger charge is -2.23. The van der Waals surface area contributed by atoms with Gasteiger partial charge in [0, 0.05) is 50.7 Å². The first-order valence-corrected chi connectivity index (χ1v) is 11.6. The molecule has 3 aromatic rings. The minimum absolute atomic E-state index is 0.147. The highest BCUT2D eigenvalue weighted by Crippen LogP contribution is 2.29. The Hall–Kier alpha value is -4.06. The highest BCUT2D eigenvalue weighted by atomic mass is 19.1. The highest BCUT2D eigenvalue weighted by molar-refractivity contribution is 5.92. The van der Waals surface area contributed by atoms with Crippen LogP contribution in [0.15, 0.2) is 30.7 Å². The first-order valence-electron chi connectivity index (χ1n) is 11.6. The number of rotatable bonds is 7. The maximum absolute atomic E-state index is 13.4. The summed E-state index contributed by atoms with van der Waals surface area (Å²) in [6.07, 6.45) is 4.11. The molecule has 12 heteroatoms. The number of anilines is 2. The van der Waals surface area contributed by atoms with Crippen LogP contribution in [-0.2, 0) is 0 Å². The summed E-state index contributed by atoms with van der Waals surface area (Å²) in [5.74, 6) is -0.191. The predicted octanol–water partition coefficient (Wildman–Crippen LogP) is 2.13. The number of alkyl halides is 1. The van der Waals surface area contributed by atoms with E-state index in [1.807, 2.05) is 30.9 Å². The summed E-state index contributed by atoms with van der Waals surface area (Å²) in [5, 5.41) is 7.09. The van der Waals surface area contributed by atoms with E-state index in [0.29, 0.717) is 37.4 Å². The molecule has 190 valence electrons. The monoisotopic (exact) mass is 495 g/mol. The third-order valence-corrected chi connectivity index (χ3v) is 6.24. The van der Waals surface area contributed by atoms with E-state index in [0.717, 1.165) is 23.2 Å². The number of urea groups is 1. The first-order chi connectivity index (χ1) is 17.1. The smallest absolute Gasteiger partial charge is 0.321 e. The molecule has 0 unspecified atom stereocenters. The number of nitrogens with two attached hydrogens (primary N) is 2. The molecular formula is C24H30FN9O2. The molecule has 1 fully saturated rings. The van der Waals surface area contributed by atoms with Gasteiger partial charge in [0.15, 0.2) is 11.6 Å². The quantitative estimate of drug-likeness (QED) is 0.455. The minimum atomic E-state index is -0.776. The van der Waals surface area contributed by atoms with E-state index in [4.69, 9.17) is 11.5 Å². The second kappa shape index (κ2) is 10.3. The Morgan fingerprint density at radius 1 is 1.25 bits per heavy atom. The van der Waals surface area contributed by atoms with Crippen LogP contribution in [0.5, 0.6) is 0 Å². The number of carbonyl (C=O) groups excluding carboxylic acids is 2. The van der Waals surface area contributed by atoms with Crippen molar-refractivity contribution in [3.8, 4) is 17.1 Å². The number of amides is 3. The van der Waals surface area contributed by atoms with E-state index < -0.39 is 12.1 Å². The van der Waals surface area contributed by atoms with Crippen molar-refractivity contribution in [3.05, 3.63) is 47.4 Å². The maximum atomic E-state index is 13.4. The minimum Gasteiger partial charge on any atom is -0.381 e. The Labute approximate surface area is 208 Å². The lowest BCUT2D eigenvalue weighted by atomic mass is 10.0. The number of likely N-dealkylation sites (tertiary alicyclic amines) is 1. The fourth-order valence-electron chi connectivity index (χ4n) is 4.15. The van der Waals surface area contributed by atoms with Crippen molar-refractivity contribution >= 4 is 23.4 Å². The van der Waals surface area contributed by atoms with Crippen molar-refractivity contribution in [2.75, 3.05) is 44.3 Å². The summed E-state index contributed by atoms with van der Waals surface area (Å²) >= 11 is 0. The SMILES string of the molecule is Cc1cc(-c2cnc(N)c(-n3cc(C(N)=O)cn3)n2)cc(C)c1NC(=O)N(C)CCN1CC[C@@H](F)C1. The van der Waals surface area contributed by atoms with E-state index in [2.05, 4.69) is 20.4 Å². The van der Waals surface area contributed by atoms with Gasteiger partial charge in [0.1, 0.15) is 6.17 Å². The van der Waals surface area contributed by atoms with E-state index in [-0.39, 0.29) is 23.2 Å². The van der Waals surface area contributed by atoms with Gasteiger partial charge in [-0.15, -0.1) is 0 Å². The number of likely N-dealkylation sites (N-methyl/N-ethyl adjacent to an activating group) is 1. The van der Waals surface area contributed by atoms with Crippen LogP contribution in [0.4, 0.5) is 20.7 Å². The lowest BCUT2D eigenvalue weighted by Crippen LogP contribution is -2.38. The van der Waals surface area contributed by atoms with Gasteiger partial charge in [-0.1, -0.05) is 0 Å². The molecule has 3 amide bonds. The first kappa shape index (κ1) is 25.0. The molecule has 4 rings (SSSR count). The van der Waals surface area contributed by atoms with Gasteiger partial charge in [-0.2, -0.15) is 5.10 Å². The number of nitrogens with one attached hydrogen (secondary N) is 1. The molecule has 1 atom stereocenters. The largest absolute Gasteiger partial charge is 0.381 e. The van der Waals surface area contributed by atoms with Crippen LogP contribution < -0.4 is 16.8 Å². The number of hydrogen-bond donors (Lipinski definition) is 3. The van der Waals surface area contributed by atoms with Crippen LogP contribution in [-0.4, -0.2) is 80.9 Å². The van der Waals surface area contributed by atoms with Gasteiger partial charge < -0.3 is 21.7 Å². The van der Waals surface area contributed by atoms with E-state index >= 15 is 0 Å². The van der Waals surface area contributed by atoms with Gasteiger partial charge in [-0.05, 0) is 43.5 Å². The topological polar surface area (TPSA) is 148 Å². The normalized spacial score (nSPS) is 15.7. The number of halogens is 1. The van der Waals surface area contributed by atoms with Crippen LogP contribution in [0.25, 0.3) is 17.1 Å². The lowest BCUT2D eigenvalue weighted by molar-refractivity contribution is 0.1000. The average Bonchev–Trinajstić information content (AvgIpc) is 3.49. The van der Waals surface area contributed by atoms with Crippen LogP contribution in [0.3, 0.4) is 0 Å². The van der Waals surface area contributed by atoms with Crippen molar-refractivity contribution in [2.45, 2.75) is 26.4 Å². The molecule has 1 aliphatic rings.